The Labute approximate surface area is 210 Å². The molecule has 0 bridgehead atoms. The van der Waals surface area contributed by atoms with Crippen LogP contribution in [0, 0.1) is 0 Å². The van der Waals surface area contributed by atoms with Gasteiger partial charge in [-0.2, -0.15) is 18.2 Å². The van der Waals surface area contributed by atoms with E-state index in [2.05, 4.69) is 15.3 Å². The number of ether oxygens (including phenoxy) is 3. The van der Waals surface area contributed by atoms with Crippen molar-refractivity contribution in [3.63, 3.8) is 0 Å². The Balaban J connectivity index is 1.22. The Morgan fingerprint density at radius 2 is 1.86 bits per heavy atom. The Morgan fingerprint density at radius 1 is 1.11 bits per heavy atom. The molecule has 0 amide bonds. The Kier molecular flexibility index (Phi) is 6.28. The number of hydrogen-bond acceptors (Lipinski definition) is 7. The zero-order valence-corrected chi connectivity index (χ0v) is 20.0. The molecule has 0 radical (unpaired) electrons. The van der Waals surface area contributed by atoms with Gasteiger partial charge in [-0.1, -0.05) is 17.3 Å². The smallest absolute Gasteiger partial charge is 0.416 e. The molecular formula is C25H24F3N5O4. The van der Waals surface area contributed by atoms with Crippen LogP contribution in [0.25, 0.3) is 5.69 Å². The number of benzene rings is 2. The van der Waals surface area contributed by atoms with Crippen molar-refractivity contribution in [3.8, 4) is 23.2 Å². The minimum absolute atomic E-state index is 0.0280. The molecule has 4 aromatic rings. The summed E-state index contributed by atoms with van der Waals surface area (Å²) >= 11 is 0. The number of alkyl halides is 3. The fourth-order valence-corrected chi connectivity index (χ4v) is 3.88. The first-order valence-electron chi connectivity index (χ1n) is 11.5. The highest BCUT2D eigenvalue weighted by Crippen LogP contribution is 2.32. The van der Waals surface area contributed by atoms with Gasteiger partial charge in [-0.05, 0) is 50.2 Å². The zero-order chi connectivity index (χ0) is 26.2. The number of rotatable bonds is 8. The molecule has 2 atom stereocenters. The summed E-state index contributed by atoms with van der Waals surface area (Å²) in [7, 11) is 0. The molecule has 9 nitrogen and oxygen atoms in total. The molecule has 1 N–H and O–H groups in total. The number of hydrogen-bond donors (Lipinski definition) is 1. The van der Waals surface area contributed by atoms with E-state index in [9.17, 15) is 18.3 Å². The first-order valence-corrected chi connectivity index (χ1v) is 11.5. The number of halogens is 3. The predicted molar refractivity (Wildman–Crippen MR) is 125 cm³/mol. The lowest BCUT2D eigenvalue weighted by Crippen LogP contribution is -2.38. The molecule has 12 heteroatoms. The second kappa shape index (κ2) is 9.43. The van der Waals surface area contributed by atoms with Crippen LogP contribution in [0.3, 0.4) is 0 Å². The maximum Gasteiger partial charge on any atom is 0.416 e. The maximum absolute atomic E-state index is 12.7. The maximum atomic E-state index is 12.7. The van der Waals surface area contributed by atoms with E-state index >= 15 is 0 Å². The average molecular weight is 515 g/mol. The number of fused-ring (bicyclic) bond motifs is 1. The molecule has 2 aromatic heterocycles. The summed E-state index contributed by atoms with van der Waals surface area (Å²) in [6, 6.07) is 12.2. The van der Waals surface area contributed by atoms with Crippen LogP contribution < -0.4 is 14.2 Å². The number of aliphatic hydroxyl groups is 1. The fourth-order valence-electron chi connectivity index (χ4n) is 3.88. The lowest BCUT2D eigenvalue weighted by Gasteiger charge is -2.23. The van der Waals surface area contributed by atoms with Crippen molar-refractivity contribution in [2.24, 2.45) is 0 Å². The van der Waals surface area contributed by atoms with Gasteiger partial charge in [-0.15, -0.1) is 5.10 Å². The molecule has 1 aliphatic rings. The van der Waals surface area contributed by atoms with Crippen LogP contribution in [0.4, 0.5) is 13.2 Å². The van der Waals surface area contributed by atoms with Crippen LogP contribution in [-0.2, 0) is 19.3 Å². The van der Waals surface area contributed by atoms with Crippen molar-refractivity contribution in [2.45, 2.75) is 44.9 Å². The van der Waals surface area contributed by atoms with E-state index in [1.165, 1.54) is 12.1 Å². The van der Waals surface area contributed by atoms with E-state index in [-0.39, 0.29) is 19.0 Å². The first-order chi connectivity index (χ1) is 17.6. The lowest BCUT2D eigenvalue weighted by atomic mass is 10.1. The second-order valence-electron chi connectivity index (χ2n) is 9.03. The van der Waals surface area contributed by atoms with Crippen LogP contribution in [0.2, 0.25) is 0 Å². The third-order valence-corrected chi connectivity index (χ3v) is 5.78. The highest BCUT2D eigenvalue weighted by atomic mass is 19.4. The summed E-state index contributed by atoms with van der Waals surface area (Å²) in [5, 5.41) is 18.0. The number of aromatic nitrogens is 5. The Hall–Kier alpha value is -4.06. The van der Waals surface area contributed by atoms with Gasteiger partial charge < -0.3 is 19.3 Å². The summed E-state index contributed by atoms with van der Waals surface area (Å²) < 4.78 is 59.2. The minimum Gasteiger partial charge on any atom is -0.487 e. The van der Waals surface area contributed by atoms with E-state index in [1.807, 2.05) is 29.7 Å². The molecule has 0 fully saturated rings. The van der Waals surface area contributed by atoms with Crippen LogP contribution in [0.15, 0.2) is 60.9 Å². The molecule has 2 aromatic carbocycles. The Morgan fingerprint density at radius 3 is 2.57 bits per heavy atom. The predicted octanol–water partition coefficient (Wildman–Crippen LogP) is 4.35. The largest absolute Gasteiger partial charge is 0.487 e. The zero-order valence-electron chi connectivity index (χ0n) is 20.0. The van der Waals surface area contributed by atoms with Crippen LogP contribution in [0.1, 0.15) is 36.9 Å². The average Bonchev–Trinajstić information content (AvgIpc) is 3.55. The highest BCUT2D eigenvalue weighted by molar-refractivity contribution is 5.46. The summed E-state index contributed by atoms with van der Waals surface area (Å²) in [4.78, 5) is 4.31. The molecule has 2 unspecified atom stereocenters. The van der Waals surface area contributed by atoms with Gasteiger partial charge in [0.25, 0.3) is 6.01 Å². The van der Waals surface area contributed by atoms with Gasteiger partial charge in [0.15, 0.2) is 5.60 Å². The van der Waals surface area contributed by atoms with Gasteiger partial charge in [0, 0.05) is 6.20 Å². The SMILES string of the molecule is CC(O)c1cn2c(n1)OC(C)(COc1ccccc1-n1cc(COc3ccc(C(F)(F)F)cc3)nn1)C2. The summed E-state index contributed by atoms with van der Waals surface area (Å²) in [5.41, 5.74) is 0.281. The number of imidazole rings is 1. The van der Waals surface area contributed by atoms with E-state index in [0.29, 0.717) is 35.4 Å². The van der Waals surface area contributed by atoms with Gasteiger partial charge in [-0.3, -0.25) is 4.57 Å². The minimum atomic E-state index is -4.40. The molecule has 194 valence electrons. The molecule has 0 aliphatic carbocycles. The highest BCUT2D eigenvalue weighted by Gasteiger charge is 2.38. The van der Waals surface area contributed by atoms with Crippen molar-refractivity contribution < 1.29 is 32.5 Å². The van der Waals surface area contributed by atoms with Crippen LogP contribution in [-0.4, -0.2) is 41.9 Å². The van der Waals surface area contributed by atoms with Crippen molar-refractivity contribution in [2.75, 3.05) is 6.61 Å². The first kappa shape index (κ1) is 24.6. The van der Waals surface area contributed by atoms with Crippen molar-refractivity contribution in [1.82, 2.24) is 24.5 Å². The van der Waals surface area contributed by atoms with Crippen molar-refractivity contribution in [3.05, 3.63) is 77.9 Å². The van der Waals surface area contributed by atoms with Crippen LogP contribution >= 0.6 is 0 Å². The summed E-state index contributed by atoms with van der Waals surface area (Å²) in [6.45, 7) is 4.33. The molecular weight excluding hydrogens is 491 g/mol. The molecule has 37 heavy (non-hydrogen) atoms. The molecule has 5 rings (SSSR count). The molecule has 0 spiro atoms. The normalized spacial score (nSPS) is 17.8. The monoisotopic (exact) mass is 515 g/mol. The molecule has 0 saturated heterocycles. The van der Waals surface area contributed by atoms with Gasteiger partial charge in [-0.25, -0.2) is 4.68 Å². The van der Waals surface area contributed by atoms with Crippen molar-refractivity contribution in [1.29, 1.82) is 0 Å². The third kappa shape index (κ3) is 5.38. The van der Waals surface area contributed by atoms with Crippen molar-refractivity contribution >= 4 is 0 Å². The topological polar surface area (TPSA) is 96.5 Å². The van der Waals surface area contributed by atoms with Gasteiger partial charge >= 0.3 is 6.18 Å². The quantitative estimate of drug-likeness (QED) is 0.373. The molecule has 0 saturated carbocycles. The number of nitrogens with zero attached hydrogens (tertiary/aromatic N) is 5. The van der Waals surface area contributed by atoms with Crippen LogP contribution in [0.5, 0.6) is 17.5 Å². The fraction of sp³-hybridized carbons (Fsp3) is 0.320. The summed E-state index contributed by atoms with van der Waals surface area (Å²) in [6.07, 6.45) is -1.65. The third-order valence-electron chi connectivity index (χ3n) is 5.78. The number of para-hydroxylation sites is 2. The Bertz CT molecular complexity index is 1360. The standard InChI is InChI=1S/C25H24F3N5O4/c1-16(34)20-12-32-14-24(2,37-23(32)29-20)15-36-22-6-4-3-5-21(22)33-11-18(30-31-33)13-35-19-9-7-17(8-10-19)25(26,27)28/h3-12,16,34H,13-15H2,1-2H3. The van der Waals surface area contributed by atoms with Gasteiger partial charge in [0.05, 0.1) is 30.1 Å². The summed E-state index contributed by atoms with van der Waals surface area (Å²) in [5.74, 6) is 0.846. The number of aliphatic hydroxyl groups excluding tert-OH is 1. The molecule has 3 heterocycles. The van der Waals surface area contributed by atoms with E-state index < -0.39 is 23.4 Å². The lowest BCUT2D eigenvalue weighted by molar-refractivity contribution is -0.137. The van der Waals surface area contributed by atoms with Gasteiger partial charge in [0.2, 0.25) is 0 Å². The second-order valence-corrected chi connectivity index (χ2v) is 9.03. The molecule has 1 aliphatic heterocycles. The van der Waals surface area contributed by atoms with E-state index in [1.54, 1.807) is 30.1 Å². The van der Waals surface area contributed by atoms with E-state index in [4.69, 9.17) is 14.2 Å². The van der Waals surface area contributed by atoms with Gasteiger partial charge in [0.1, 0.15) is 36.1 Å². The van der Waals surface area contributed by atoms with E-state index in [0.717, 1.165) is 12.1 Å².